The maximum Gasteiger partial charge on any atom is 0.303 e. The Hall–Kier alpha value is -3.39. The number of carboxylic acids is 1. The van der Waals surface area contributed by atoms with E-state index in [-0.39, 0.29) is 18.7 Å². The van der Waals surface area contributed by atoms with Gasteiger partial charge in [0.05, 0.1) is 13.0 Å². The molecule has 1 saturated heterocycles. The normalized spacial score (nSPS) is 15.9. The number of hydrogen-bond acceptors (Lipinski definition) is 5. The summed E-state index contributed by atoms with van der Waals surface area (Å²) < 4.78 is 6.13. The van der Waals surface area contributed by atoms with Crippen molar-refractivity contribution in [3.63, 3.8) is 0 Å². The summed E-state index contributed by atoms with van der Waals surface area (Å²) in [5.74, 6) is -0.320. The Balaban J connectivity index is 1.59. The molecule has 0 bridgehead atoms. The average molecular weight is 524 g/mol. The molecule has 2 aromatic carbocycles. The fourth-order valence-corrected chi connectivity index (χ4v) is 4.74. The van der Waals surface area contributed by atoms with Crippen molar-refractivity contribution in [3.8, 4) is 5.75 Å². The van der Waals surface area contributed by atoms with Gasteiger partial charge < -0.3 is 25.8 Å². The first-order chi connectivity index (χ1) is 18.3. The maximum atomic E-state index is 13.1. The van der Waals surface area contributed by atoms with E-state index in [4.69, 9.17) is 9.84 Å². The van der Waals surface area contributed by atoms with Crippen molar-refractivity contribution in [2.45, 2.75) is 71.4 Å². The summed E-state index contributed by atoms with van der Waals surface area (Å²) in [6.07, 6.45) is 4.03. The number of amides is 2. The number of carbonyl (C=O) groups excluding carboxylic acids is 2. The van der Waals surface area contributed by atoms with Crippen LogP contribution in [0.15, 0.2) is 42.5 Å². The predicted molar refractivity (Wildman–Crippen MR) is 147 cm³/mol. The number of carbonyl (C=O) groups is 3. The van der Waals surface area contributed by atoms with Gasteiger partial charge in [0.1, 0.15) is 11.8 Å². The molecule has 1 heterocycles. The number of nitrogens with one attached hydrogen (secondary N) is 3. The number of benzene rings is 2. The van der Waals surface area contributed by atoms with Crippen LogP contribution in [0.25, 0.3) is 0 Å². The molecule has 0 aromatic heterocycles. The van der Waals surface area contributed by atoms with Crippen molar-refractivity contribution in [2.75, 3.05) is 19.7 Å². The average Bonchev–Trinajstić information content (AvgIpc) is 2.91. The van der Waals surface area contributed by atoms with E-state index in [9.17, 15) is 14.4 Å². The standard InChI is InChI=1S/C30H41N3O5/c1-21-17-22(2)27(38-16-14-24-9-6-15-31-19-24)18-25(21)20-32-30(37)26(33-28(34)12-13-29(35)36)11-10-23-7-4-3-5-8-23/h3-5,7-8,17-18,24,26,31H,6,9-16,19-20H2,1-2H3,(H,32,37)(H,33,34)(H,35,36)/t24?,26-/m0/s1. The lowest BCUT2D eigenvalue weighted by molar-refractivity contribution is -0.139. The Morgan fingerprint density at radius 2 is 1.89 bits per heavy atom. The van der Waals surface area contributed by atoms with E-state index in [1.165, 1.54) is 12.8 Å². The summed E-state index contributed by atoms with van der Waals surface area (Å²) in [5, 5.41) is 18.0. The van der Waals surface area contributed by atoms with Crippen LogP contribution >= 0.6 is 0 Å². The van der Waals surface area contributed by atoms with Crippen LogP contribution in [0, 0.1) is 19.8 Å². The molecular weight excluding hydrogens is 482 g/mol. The van der Waals surface area contributed by atoms with Crippen LogP contribution in [0.4, 0.5) is 0 Å². The van der Waals surface area contributed by atoms with Crippen LogP contribution in [-0.2, 0) is 27.3 Å². The van der Waals surface area contributed by atoms with Crippen LogP contribution < -0.4 is 20.7 Å². The topological polar surface area (TPSA) is 117 Å². The lowest BCUT2D eigenvalue weighted by atomic mass is 9.97. The highest BCUT2D eigenvalue weighted by atomic mass is 16.5. The van der Waals surface area contributed by atoms with Gasteiger partial charge >= 0.3 is 5.97 Å². The van der Waals surface area contributed by atoms with E-state index in [0.717, 1.165) is 47.5 Å². The zero-order valence-corrected chi connectivity index (χ0v) is 22.6. The molecule has 1 aliphatic rings. The van der Waals surface area contributed by atoms with Gasteiger partial charge in [-0.15, -0.1) is 0 Å². The first-order valence-corrected chi connectivity index (χ1v) is 13.6. The quantitative estimate of drug-likeness (QED) is 0.300. The van der Waals surface area contributed by atoms with Crippen molar-refractivity contribution < 1.29 is 24.2 Å². The summed E-state index contributed by atoms with van der Waals surface area (Å²) in [5.41, 5.74) is 4.13. The number of piperidine rings is 1. The zero-order valence-electron chi connectivity index (χ0n) is 22.6. The lowest BCUT2D eigenvalue weighted by Gasteiger charge is -2.23. The zero-order chi connectivity index (χ0) is 27.3. The molecule has 2 amide bonds. The molecule has 2 aromatic rings. The smallest absolute Gasteiger partial charge is 0.303 e. The molecular formula is C30H41N3O5. The molecule has 1 fully saturated rings. The SMILES string of the molecule is Cc1cc(C)c(OCCC2CCCNC2)cc1CNC(=O)[C@H](CCc1ccccc1)NC(=O)CCC(=O)O. The third-order valence-corrected chi connectivity index (χ3v) is 7.05. The molecule has 0 saturated carbocycles. The summed E-state index contributed by atoms with van der Waals surface area (Å²) in [4.78, 5) is 36.3. The number of ether oxygens (including phenoxy) is 1. The second-order valence-electron chi connectivity index (χ2n) is 10.1. The molecule has 4 N–H and O–H groups in total. The monoisotopic (exact) mass is 523 g/mol. The highest BCUT2D eigenvalue weighted by Crippen LogP contribution is 2.24. The lowest BCUT2D eigenvalue weighted by Crippen LogP contribution is -2.46. The molecule has 8 nitrogen and oxygen atoms in total. The van der Waals surface area contributed by atoms with Gasteiger partial charge in [-0.05, 0) is 93.3 Å². The number of carboxylic acid groups (broad SMARTS) is 1. The Morgan fingerprint density at radius 1 is 1.11 bits per heavy atom. The predicted octanol–water partition coefficient (Wildman–Crippen LogP) is 3.67. The highest BCUT2D eigenvalue weighted by molar-refractivity contribution is 5.88. The van der Waals surface area contributed by atoms with Gasteiger partial charge in [0.2, 0.25) is 11.8 Å². The first-order valence-electron chi connectivity index (χ1n) is 13.6. The fraction of sp³-hybridized carbons (Fsp3) is 0.500. The number of hydrogen-bond donors (Lipinski definition) is 4. The Kier molecular flexibility index (Phi) is 11.6. The maximum absolute atomic E-state index is 13.1. The van der Waals surface area contributed by atoms with Crippen molar-refractivity contribution >= 4 is 17.8 Å². The second kappa shape index (κ2) is 15.1. The van der Waals surface area contributed by atoms with Gasteiger partial charge in [-0.2, -0.15) is 0 Å². The summed E-state index contributed by atoms with van der Waals surface area (Å²) in [7, 11) is 0. The van der Waals surface area contributed by atoms with E-state index in [2.05, 4.69) is 22.0 Å². The van der Waals surface area contributed by atoms with Crippen molar-refractivity contribution in [1.82, 2.24) is 16.0 Å². The summed E-state index contributed by atoms with van der Waals surface area (Å²) >= 11 is 0. The molecule has 3 rings (SSSR count). The van der Waals surface area contributed by atoms with E-state index in [1.807, 2.05) is 50.2 Å². The molecule has 2 atom stereocenters. The van der Waals surface area contributed by atoms with Gasteiger partial charge in [-0.3, -0.25) is 14.4 Å². The molecule has 0 radical (unpaired) electrons. The van der Waals surface area contributed by atoms with Crippen molar-refractivity contribution in [2.24, 2.45) is 5.92 Å². The van der Waals surface area contributed by atoms with Crippen LogP contribution in [0.1, 0.15) is 60.8 Å². The van der Waals surface area contributed by atoms with Gasteiger partial charge in [0.25, 0.3) is 0 Å². The van der Waals surface area contributed by atoms with Crippen LogP contribution in [0.5, 0.6) is 5.75 Å². The molecule has 1 unspecified atom stereocenters. The number of aliphatic carboxylic acids is 1. The third-order valence-electron chi connectivity index (χ3n) is 7.05. The van der Waals surface area contributed by atoms with Gasteiger partial charge in [-0.1, -0.05) is 36.4 Å². The van der Waals surface area contributed by atoms with E-state index < -0.39 is 17.9 Å². The van der Waals surface area contributed by atoms with Crippen LogP contribution in [-0.4, -0.2) is 48.6 Å². The first kappa shape index (κ1) is 29.2. The third kappa shape index (κ3) is 9.82. The molecule has 8 heteroatoms. The summed E-state index contributed by atoms with van der Waals surface area (Å²) in [6.45, 7) is 7.15. The van der Waals surface area contributed by atoms with E-state index in [1.54, 1.807) is 0 Å². The molecule has 38 heavy (non-hydrogen) atoms. The van der Waals surface area contributed by atoms with Gasteiger partial charge in [0, 0.05) is 13.0 Å². The summed E-state index contributed by atoms with van der Waals surface area (Å²) in [6, 6.07) is 13.0. The van der Waals surface area contributed by atoms with Crippen LogP contribution in [0.2, 0.25) is 0 Å². The molecule has 0 aliphatic carbocycles. The minimum absolute atomic E-state index is 0.168. The molecule has 206 valence electrons. The molecule has 1 aliphatic heterocycles. The highest BCUT2D eigenvalue weighted by Gasteiger charge is 2.21. The Labute approximate surface area is 225 Å². The van der Waals surface area contributed by atoms with Gasteiger partial charge in [-0.25, -0.2) is 0 Å². The van der Waals surface area contributed by atoms with Crippen molar-refractivity contribution in [3.05, 3.63) is 64.7 Å². The minimum atomic E-state index is -1.05. The number of aryl methyl sites for hydroxylation is 3. The Morgan fingerprint density at radius 3 is 2.61 bits per heavy atom. The minimum Gasteiger partial charge on any atom is -0.493 e. The van der Waals surface area contributed by atoms with E-state index in [0.29, 0.717) is 31.9 Å². The number of rotatable bonds is 14. The van der Waals surface area contributed by atoms with Crippen LogP contribution in [0.3, 0.4) is 0 Å². The van der Waals surface area contributed by atoms with Gasteiger partial charge in [0.15, 0.2) is 0 Å². The van der Waals surface area contributed by atoms with Crippen molar-refractivity contribution in [1.29, 1.82) is 0 Å². The second-order valence-corrected chi connectivity index (χ2v) is 10.1. The largest absolute Gasteiger partial charge is 0.493 e. The Bertz CT molecular complexity index is 1070. The van der Waals surface area contributed by atoms with E-state index >= 15 is 0 Å². The fourth-order valence-electron chi connectivity index (χ4n) is 4.74. The molecule has 0 spiro atoms.